The number of hydrogen-bond donors (Lipinski definition) is 0. The summed E-state index contributed by atoms with van der Waals surface area (Å²) in [6.07, 6.45) is 5.24. The van der Waals surface area contributed by atoms with E-state index in [0.717, 1.165) is 18.5 Å². The molecule has 1 aliphatic rings. The van der Waals surface area contributed by atoms with E-state index in [1.54, 1.807) is 27.8 Å². The lowest BCUT2D eigenvalue weighted by molar-refractivity contribution is -0.123. The topological polar surface area (TPSA) is 47.4 Å². The Morgan fingerprint density at radius 3 is 2.65 bits per heavy atom. The zero-order valence-corrected chi connectivity index (χ0v) is 21.0. The van der Waals surface area contributed by atoms with Gasteiger partial charge in [0.25, 0.3) is 5.91 Å². The summed E-state index contributed by atoms with van der Waals surface area (Å²) < 4.78 is 22.5. The predicted molar refractivity (Wildman–Crippen MR) is 140 cm³/mol. The van der Waals surface area contributed by atoms with Crippen LogP contribution in [0.4, 0.5) is 4.39 Å². The van der Waals surface area contributed by atoms with Crippen LogP contribution in [-0.4, -0.2) is 37.6 Å². The minimum Gasteiger partial charge on any atom is -0.491 e. The van der Waals surface area contributed by atoms with Gasteiger partial charge in [0.15, 0.2) is 11.6 Å². The second-order valence-electron chi connectivity index (χ2n) is 8.02. The van der Waals surface area contributed by atoms with E-state index in [1.165, 1.54) is 17.8 Å². The molecule has 1 amide bonds. The second kappa shape index (κ2) is 10.5. The number of amides is 1. The number of hydrogen-bond acceptors (Lipinski definition) is 5. The van der Waals surface area contributed by atoms with E-state index >= 15 is 0 Å². The lowest BCUT2D eigenvalue weighted by Crippen LogP contribution is -2.36. The van der Waals surface area contributed by atoms with Crippen molar-refractivity contribution in [1.29, 1.82) is 0 Å². The van der Waals surface area contributed by atoms with Crippen molar-refractivity contribution in [3.8, 4) is 22.7 Å². The van der Waals surface area contributed by atoms with Crippen LogP contribution in [0.1, 0.15) is 39.2 Å². The number of thiocarbonyl (C=S) groups is 1. The van der Waals surface area contributed by atoms with Crippen LogP contribution >= 0.6 is 24.0 Å². The lowest BCUT2D eigenvalue weighted by Gasteiger charge is -2.21. The molecule has 2 heterocycles. The summed E-state index contributed by atoms with van der Waals surface area (Å²) in [7, 11) is 0. The van der Waals surface area contributed by atoms with Crippen LogP contribution in [0.3, 0.4) is 0 Å². The lowest BCUT2D eigenvalue weighted by atomic mass is 10.1. The molecule has 3 aromatic rings. The molecule has 1 aromatic heterocycles. The summed E-state index contributed by atoms with van der Waals surface area (Å²) in [4.78, 5) is 15.3. The van der Waals surface area contributed by atoms with Crippen LogP contribution < -0.4 is 4.74 Å². The standard InChI is InChI=1S/C26H26FN3O2S2/c1-4-13-32-22-12-11-18(14-21(22)27)24-19(16-29(28-24)20-9-7-6-8-10-20)15-23-25(31)30(17(3)5-2)26(33)34-23/h6-12,14-17H,4-5,13H2,1-3H3. The van der Waals surface area contributed by atoms with Gasteiger partial charge in [0.2, 0.25) is 0 Å². The van der Waals surface area contributed by atoms with Crippen molar-refractivity contribution in [2.45, 2.75) is 39.7 Å². The molecule has 1 aliphatic heterocycles. The number of ether oxygens (including phenoxy) is 1. The van der Waals surface area contributed by atoms with Gasteiger partial charge < -0.3 is 4.74 Å². The third kappa shape index (κ3) is 4.93. The minimum atomic E-state index is -0.450. The fourth-order valence-electron chi connectivity index (χ4n) is 3.59. The molecule has 1 atom stereocenters. The van der Waals surface area contributed by atoms with Crippen molar-refractivity contribution >= 4 is 40.3 Å². The number of benzene rings is 2. The van der Waals surface area contributed by atoms with E-state index in [-0.39, 0.29) is 17.7 Å². The third-order valence-electron chi connectivity index (χ3n) is 5.57. The highest BCUT2D eigenvalue weighted by molar-refractivity contribution is 8.26. The molecule has 0 bridgehead atoms. The minimum absolute atomic E-state index is 0.0228. The number of thioether (sulfide) groups is 1. The van der Waals surface area contributed by atoms with E-state index < -0.39 is 5.82 Å². The largest absolute Gasteiger partial charge is 0.491 e. The van der Waals surface area contributed by atoms with Crippen LogP contribution in [-0.2, 0) is 4.79 Å². The van der Waals surface area contributed by atoms with Crippen LogP contribution in [0, 0.1) is 5.82 Å². The summed E-state index contributed by atoms with van der Waals surface area (Å²) in [5, 5.41) is 4.74. The Morgan fingerprint density at radius 1 is 1.21 bits per heavy atom. The SMILES string of the molecule is CCCOc1ccc(-c2nn(-c3ccccc3)cc2C=C2SC(=S)N(C(C)CC)C2=O)cc1F. The van der Waals surface area contributed by atoms with Gasteiger partial charge in [0.05, 0.1) is 17.2 Å². The fraction of sp³-hybridized carbons (Fsp3) is 0.269. The maximum Gasteiger partial charge on any atom is 0.266 e. The molecule has 8 heteroatoms. The van der Waals surface area contributed by atoms with Crippen LogP contribution in [0.15, 0.2) is 59.6 Å². The Labute approximate surface area is 208 Å². The Kier molecular flexibility index (Phi) is 7.48. The Bertz CT molecular complexity index is 1240. The van der Waals surface area contributed by atoms with Crippen molar-refractivity contribution < 1.29 is 13.9 Å². The molecule has 0 N–H and O–H groups in total. The van der Waals surface area contributed by atoms with Crippen molar-refractivity contribution in [2.75, 3.05) is 6.61 Å². The highest BCUT2D eigenvalue weighted by Crippen LogP contribution is 2.36. The summed E-state index contributed by atoms with van der Waals surface area (Å²) in [6.45, 7) is 6.43. The Balaban J connectivity index is 1.78. The molecule has 0 saturated carbocycles. The first kappa shape index (κ1) is 24.2. The highest BCUT2D eigenvalue weighted by Gasteiger charge is 2.35. The molecule has 0 spiro atoms. The summed E-state index contributed by atoms with van der Waals surface area (Å²) in [5.74, 6) is -0.351. The molecule has 1 fully saturated rings. The average molecular weight is 496 g/mol. The summed E-state index contributed by atoms with van der Waals surface area (Å²) in [6, 6.07) is 14.5. The van der Waals surface area contributed by atoms with Crippen molar-refractivity contribution in [3.05, 3.63) is 71.0 Å². The monoisotopic (exact) mass is 495 g/mol. The van der Waals surface area contributed by atoms with Gasteiger partial charge in [-0.2, -0.15) is 5.10 Å². The van der Waals surface area contributed by atoms with E-state index in [1.807, 2.05) is 57.3 Å². The molecule has 4 rings (SSSR count). The molecule has 1 unspecified atom stereocenters. The van der Waals surface area contributed by atoms with Crippen molar-refractivity contribution in [2.24, 2.45) is 0 Å². The van der Waals surface area contributed by atoms with Crippen LogP contribution in [0.5, 0.6) is 5.75 Å². The predicted octanol–water partition coefficient (Wildman–Crippen LogP) is 6.47. The number of rotatable bonds is 8. The first-order valence-corrected chi connectivity index (χ1v) is 12.5. The molecule has 2 aromatic carbocycles. The molecular formula is C26H26FN3O2S2. The van der Waals surface area contributed by atoms with Crippen LogP contribution in [0.2, 0.25) is 0 Å². The average Bonchev–Trinajstić information content (AvgIpc) is 3.39. The van der Waals surface area contributed by atoms with Crippen molar-refractivity contribution in [1.82, 2.24) is 14.7 Å². The molecular weight excluding hydrogens is 469 g/mol. The first-order chi connectivity index (χ1) is 16.4. The summed E-state index contributed by atoms with van der Waals surface area (Å²) >= 11 is 6.75. The zero-order valence-electron chi connectivity index (χ0n) is 19.3. The maximum absolute atomic E-state index is 14.8. The number of carbonyl (C=O) groups is 1. The van der Waals surface area contributed by atoms with Gasteiger partial charge in [-0.05, 0) is 56.2 Å². The molecule has 5 nitrogen and oxygen atoms in total. The third-order valence-corrected chi connectivity index (χ3v) is 6.90. The first-order valence-electron chi connectivity index (χ1n) is 11.3. The molecule has 0 aliphatic carbocycles. The Morgan fingerprint density at radius 2 is 1.97 bits per heavy atom. The number of aromatic nitrogens is 2. The fourth-order valence-corrected chi connectivity index (χ4v) is 5.04. The van der Waals surface area contributed by atoms with E-state index in [4.69, 9.17) is 22.1 Å². The summed E-state index contributed by atoms with van der Waals surface area (Å²) in [5.41, 5.74) is 2.73. The smallest absolute Gasteiger partial charge is 0.266 e. The van der Waals surface area contributed by atoms with Gasteiger partial charge in [-0.1, -0.05) is 56.0 Å². The van der Waals surface area contributed by atoms with Gasteiger partial charge in [-0.25, -0.2) is 9.07 Å². The van der Waals surface area contributed by atoms with Gasteiger partial charge in [0.1, 0.15) is 10.0 Å². The van der Waals surface area contributed by atoms with E-state index in [9.17, 15) is 9.18 Å². The highest BCUT2D eigenvalue weighted by atomic mass is 32.2. The molecule has 176 valence electrons. The van der Waals surface area contributed by atoms with E-state index in [2.05, 4.69) is 0 Å². The van der Waals surface area contributed by atoms with Gasteiger partial charge in [-0.15, -0.1) is 0 Å². The zero-order chi connectivity index (χ0) is 24.2. The molecule has 34 heavy (non-hydrogen) atoms. The normalized spacial score (nSPS) is 15.9. The second-order valence-corrected chi connectivity index (χ2v) is 9.69. The molecule has 0 radical (unpaired) electrons. The number of halogens is 1. The van der Waals surface area contributed by atoms with Gasteiger partial charge in [-0.3, -0.25) is 9.69 Å². The number of para-hydroxylation sites is 1. The molecule has 1 saturated heterocycles. The van der Waals surface area contributed by atoms with E-state index in [0.29, 0.717) is 32.7 Å². The maximum atomic E-state index is 14.8. The number of nitrogens with zero attached hydrogens (tertiary/aromatic N) is 3. The Hall–Kier alpha value is -2.97. The van der Waals surface area contributed by atoms with Gasteiger partial charge in [0, 0.05) is 23.4 Å². The van der Waals surface area contributed by atoms with Gasteiger partial charge >= 0.3 is 0 Å². The van der Waals surface area contributed by atoms with Crippen LogP contribution in [0.25, 0.3) is 23.0 Å². The van der Waals surface area contributed by atoms with Crippen molar-refractivity contribution in [3.63, 3.8) is 0 Å². The number of carbonyl (C=O) groups excluding carboxylic acids is 1. The quantitative estimate of drug-likeness (QED) is 0.265.